The molecular weight excluding hydrogens is 276 g/mol. The number of hydrogen-bond donors (Lipinski definition) is 1. The number of sulfone groups is 1. The van der Waals surface area contributed by atoms with E-state index in [9.17, 15) is 23.3 Å². The summed E-state index contributed by atoms with van der Waals surface area (Å²) in [4.78, 5) is 21.3. The summed E-state index contributed by atoms with van der Waals surface area (Å²) in [5, 5.41) is 12.9. The topological polar surface area (TPSA) is 120 Å². The summed E-state index contributed by atoms with van der Waals surface area (Å²) in [6.07, 6.45) is 0.515. The molecule has 1 unspecified atom stereocenters. The maximum absolute atomic E-state index is 11.6. The first kappa shape index (κ1) is 13.5. The molecule has 9 heteroatoms. The van der Waals surface area contributed by atoms with Crippen molar-refractivity contribution in [2.24, 2.45) is 5.92 Å². The number of furan rings is 1. The Morgan fingerprint density at radius 2 is 2.26 bits per heavy atom. The molecule has 0 bridgehead atoms. The first-order valence-corrected chi connectivity index (χ1v) is 7.42. The minimum absolute atomic E-state index is 0.0611. The lowest BCUT2D eigenvalue weighted by Gasteiger charge is -2.07. The third-order valence-corrected chi connectivity index (χ3v) is 4.71. The Balaban J connectivity index is 1.89. The quantitative estimate of drug-likeness (QED) is 0.630. The number of nitro groups is 1. The van der Waals surface area contributed by atoms with Gasteiger partial charge in [-0.2, -0.15) is 0 Å². The molecule has 1 aliphatic heterocycles. The third-order valence-electron chi connectivity index (χ3n) is 2.87. The van der Waals surface area contributed by atoms with Crippen LogP contribution in [0.15, 0.2) is 16.5 Å². The fraction of sp³-hybridized carbons (Fsp3) is 0.500. The van der Waals surface area contributed by atoms with E-state index in [0.29, 0.717) is 6.42 Å². The Labute approximate surface area is 108 Å². The Hall–Kier alpha value is -1.90. The standard InChI is InChI=1S/C10H12N2O6S/c13-10(8-1-2-9(18-8)12(14)15)11-5-7-3-4-19(16,17)6-7/h1-2,7H,3-6H2,(H,11,13). The van der Waals surface area contributed by atoms with Crippen LogP contribution in [0.1, 0.15) is 17.0 Å². The summed E-state index contributed by atoms with van der Waals surface area (Å²) in [5.41, 5.74) is 0. The lowest BCUT2D eigenvalue weighted by Crippen LogP contribution is -2.29. The van der Waals surface area contributed by atoms with E-state index < -0.39 is 26.6 Å². The fourth-order valence-corrected chi connectivity index (χ4v) is 3.77. The van der Waals surface area contributed by atoms with Crippen LogP contribution in [0.25, 0.3) is 0 Å². The number of nitrogens with zero attached hydrogens (tertiary/aromatic N) is 1. The van der Waals surface area contributed by atoms with E-state index >= 15 is 0 Å². The van der Waals surface area contributed by atoms with Crippen molar-refractivity contribution in [1.82, 2.24) is 5.32 Å². The molecule has 2 heterocycles. The van der Waals surface area contributed by atoms with E-state index in [2.05, 4.69) is 5.32 Å². The summed E-state index contributed by atoms with van der Waals surface area (Å²) in [5.74, 6) is -1.16. The number of rotatable bonds is 4. The molecule has 0 spiro atoms. The van der Waals surface area contributed by atoms with Crippen molar-refractivity contribution >= 4 is 21.6 Å². The molecule has 0 saturated carbocycles. The van der Waals surface area contributed by atoms with Crippen molar-refractivity contribution in [2.75, 3.05) is 18.1 Å². The Morgan fingerprint density at radius 1 is 1.53 bits per heavy atom. The van der Waals surface area contributed by atoms with E-state index in [4.69, 9.17) is 4.42 Å². The van der Waals surface area contributed by atoms with Gasteiger partial charge in [0.25, 0.3) is 5.91 Å². The number of carbonyl (C=O) groups excluding carboxylic acids is 1. The molecule has 19 heavy (non-hydrogen) atoms. The summed E-state index contributed by atoms with van der Waals surface area (Å²) < 4.78 is 27.2. The van der Waals surface area contributed by atoms with Gasteiger partial charge >= 0.3 is 5.88 Å². The van der Waals surface area contributed by atoms with E-state index in [1.54, 1.807) is 0 Å². The second-order valence-corrected chi connectivity index (χ2v) is 6.60. The largest absolute Gasteiger partial charge is 0.433 e. The molecule has 1 aromatic rings. The number of nitrogens with one attached hydrogen (secondary N) is 1. The highest BCUT2D eigenvalue weighted by atomic mass is 32.2. The van der Waals surface area contributed by atoms with Crippen LogP contribution in [0.5, 0.6) is 0 Å². The highest BCUT2D eigenvalue weighted by Crippen LogP contribution is 2.18. The lowest BCUT2D eigenvalue weighted by atomic mass is 10.1. The van der Waals surface area contributed by atoms with Gasteiger partial charge in [-0.3, -0.25) is 14.9 Å². The van der Waals surface area contributed by atoms with Crippen LogP contribution >= 0.6 is 0 Å². The second-order valence-electron chi connectivity index (χ2n) is 4.37. The minimum atomic E-state index is -2.98. The van der Waals surface area contributed by atoms with E-state index in [0.717, 1.165) is 6.07 Å². The van der Waals surface area contributed by atoms with Crippen molar-refractivity contribution in [3.05, 3.63) is 28.0 Å². The van der Waals surface area contributed by atoms with Crippen LogP contribution in [0.2, 0.25) is 0 Å². The molecule has 1 aromatic heterocycles. The second kappa shape index (κ2) is 5.00. The van der Waals surface area contributed by atoms with E-state index in [1.165, 1.54) is 6.07 Å². The normalized spacial score (nSPS) is 21.2. The van der Waals surface area contributed by atoms with Crippen molar-refractivity contribution in [1.29, 1.82) is 0 Å². The summed E-state index contributed by atoms with van der Waals surface area (Å²) in [6.45, 7) is 0.215. The molecule has 0 aromatic carbocycles. The Bertz CT molecular complexity index is 605. The van der Waals surface area contributed by atoms with Crippen molar-refractivity contribution in [2.45, 2.75) is 6.42 Å². The molecule has 1 aliphatic rings. The van der Waals surface area contributed by atoms with Crippen LogP contribution in [0.4, 0.5) is 5.88 Å². The summed E-state index contributed by atoms with van der Waals surface area (Å²) in [7, 11) is -2.98. The van der Waals surface area contributed by atoms with Gasteiger partial charge in [-0.25, -0.2) is 8.42 Å². The molecule has 104 valence electrons. The smallest absolute Gasteiger partial charge is 0.395 e. The Kier molecular flexibility index (Phi) is 3.56. The fourth-order valence-electron chi connectivity index (χ4n) is 1.90. The van der Waals surface area contributed by atoms with Gasteiger partial charge in [0.05, 0.1) is 17.6 Å². The molecule has 1 saturated heterocycles. The van der Waals surface area contributed by atoms with Crippen LogP contribution in [-0.2, 0) is 9.84 Å². The average molecular weight is 288 g/mol. The third kappa shape index (κ3) is 3.31. The first-order valence-electron chi connectivity index (χ1n) is 5.60. The Morgan fingerprint density at radius 3 is 2.79 bits per heavy atom. The van der Waals surface area contributed by atoms with Gasteiger partial charge in [0.15, 0.2) is 15.6 Å². The van der Waals surface area contributed by atoms with Gasteiger partial charge in [-0.1, -0.05) is 0 Å². The molecule has 1 fully saturated rings. The maximum Gasteiger partial charge on any atom is 0.433 e. The van der Waals surface area contributed by atoms with Gasteiger partial charge in [-0.05, 0) is 18.4 Å². The van der Waals surface area contributed by atoms with Gasteiger partial charge in [-0.15, -0.1) is 0 Å². The van der Waals surface area contributed by atoms with Gasteiger partial charge in [0.2, 0.25) is 0 Å². The van der Waals surface area contributed by atoms with Crippen molar-refractivity contribution < 1.29 is 22.6 Å². The first-order chi connectivity index (χ1) is 8.87. The van der Waals surface area contributed by atoms with E-state index in [-0.39, 0.29) is 29.7 Å². The van der Waals surface area contributed by atoms with E-state index in [1.807, 2.05) is 0 Å². The number of carbonyl (C=O) groups is 1. The highest BCUT2D eigenvalue weighted by Gasteiger charge is 2.28. The van der Waals surface area contributed by atoms with Crippen molar-refractivity contribution in [3.63, 3.8) is 0 Å². The maximum atomic E-state index is 11.6. The summed E-state index contributed by atoms with van der Waals surface area (Å²) >= 11 is 0. The van der Waals surface area contributed by atoms with Gasteiger partial charge in [0.1, 0.15) is 4.92 Å². The molecular formula is C10H12N2O6S. The molecule has 2 rings (SSSR count). The average Bonchev–Trinajstić information content (AvgIpc) is 2.92. The molecule has 1 N–H and O–H groups in total. The predicted molar refractivity (Wildman–Crippen MR) is 64.5 cm³/mol. The summed E-state index contributed by atoms with van der Waals surface area (Å²) in [6, 6.07) is 2.30. The zero-order valence-corrected chi connectivity index (χ0v) is 10.7. The molecule has 0 radical (unpaired) electrons. The molecule has 8 nitrogen and oxygen atoms in total. The number of amides is 1. The van der Waals surface area contributed by atoms with Gasteiger partial charge < -0.3 is 9.73 Å². The van der Waals surface area contributed by atoms with Crippen LogP contribution in [-0.4, -0.2) is 37.3 Å². The molecule has 1 amide bonds. The van der Waals surface area contributed by atoms with Crippen molar-refractivity contribution in [3.8, 4) is 0 Å². The SMILES string of the molecule is O=C(NCC1CCS(=O)(=O)C1)c1ccc([N+](=O)[O-])o1. The zero-order chi connectivity index (χ0) is 14.0. The molecule has 0 aliphatic carbocycles. The van der Waals surface area contributed by atoms with Crippen LogP contribution in [0, 0.1) is 16.0 Å². The molecule has 1 atom stereocenters. The van der Waals surface area contributed by atoms with Gasteiger partial charge in [0, 0.05) is 6.54 Å². The number of hydrogen-bond acceptors (Lipinski definition) is 6. The minimum Gasteiger partial charge on any atom is -0.395 e. The lowest BCUT2D eigenvalue weighted by molar-refractivity contribution is -0.402. The predicted octanol–water partition coefficient (Wildman–Crippen LogP) is 0.352. The van der Waals surface area contributed by atoms with Crippen LogP contribution in [0.3, 0.4) is 0 Å². The monoisotopic (exact) mass is 288 g/mol. The van der Waals surface area contributed by atoms with Crippen LogP contribution < -0.4 is 5.32 Å². The highest BCUT2D eigenvalue weighted by molar-refractivity contribution is 7.91. The zero-order valence-electron chi connectivity index (χ0n) is 9.87.